The van der Waals surface area contributed by atoms with Gasteiger partial charge in [0, 0.05) is 7.05 Å². The van der Waals surface area contributed by atoms with Crippen LogP contribution in [0.3, 0.4) is 0 Å². The fraction of sp³-hybridized carbons (Fsp3) is 0.529. The van der Waals surface area contributed by atoms with E-state index in [9.17, 15) is 14.7 Å². The van der Waals surface area contributed by atoms with Gasteiger partial charge in [0.05, 0.1) is 13.2 Å². The molecule has 1 aromatic rings. The Hall–Kier alpha value is -2.08. The van der Waals surface area contributed by atoms with Gasteiger partial charge in [-0.25, -0.2) is 9.59 Å². The predicted molar refractivity (Wildman–Crippen MR) is 86.1 cm³/mol. The summed E-state index contributed by atoms with van der Waals surface area (Å²) in [5.41, 5.74) is 0.764. The normalized spacial score (nSPS) is 12.5. The lowest BCUT2D eigenvalue weighted by atomic mass is 9.99. The zero-order valence-electron chi connectivity index (χ0n) is 14.1. The zero-order chi connectivity index (χ0) is 17.5. The van der Waals surface area contributed by atoms with Gasteiger partial charge >= 0.3 is 12.1 Å². The lowest BCUT2D eigenvalue weighted by molar-refractivity contribution is -0.145. The Balaban J connectivity index is 2.53. The summed E-state index contributed by atoms with van der Waals surface area (Å²) >= 11 is 0. The minimum absolute atomic E-state index is 0.0740. The van der Waals surface area contributed by atoms with Crippen molar-refractivity contribution in [2.24, 2.45) is 5.41 Å². The number of amides is 1. The molecule has 0 radical (unpaired) electrons. The van der Waals surface area contributed by atoms with E-state index < -0.39 is 18.1 Å². The van der Waals surface area contributed by atoms with Gasteiger partial charge < -0.3 is 14.6 Å². The fourth-order valence-corrected chi connectivity index (χ4v) is 1.77. The molecule has 0 heterocycles. The Labute approximate surface area is 137 Å². The van der Waals surface area contributed by atoms with E-state index in [0.29, 0.717) is 6.61 Å². The van der Waals surface area contributed by atoms with Crippen LogP contribution in [-0.4, -0.2) is 48.4 Å². The summed E-state index contributed by atoms with van der Waals surface area (Å²) in [5.74, 6) is -1.13. The van der Waals surface area contributed by atoms with Gasteiger partial charge in [0.2, 0.25) is 0 Å². The quantitative estimate of drug-likeness (QED) is 0.835. The van der Waals surface area contributed by atoms with Crippen LogP contribution in [0.2, 0.25) is 0 Å². The lowest BCUT2D eigenvalue weighted by Gasteiger charge is -2.26. The van der Waals surface area contributed by atoms with E-state index in [0.717, 1.165) is 10.5 Å². The number of benzene rings is 1. The van der Waals surface area contributed by atoms with Crippen molar-refractivity contribution in [3.05, 3.63) is 35.9 Å². The second kappa shape index (κ2) is 8.53. The summed E-state index contributed by atoms with van der Waals surface area (Å²) in [7, 11) is 1.40. The maximum Gasteiger partial charge on any atom is 0.410 e. The predicted octanol–water partition coefficient (Wildman–Crippen LogP) is 2.77. The van der Waals surface area contributed by atoms with Crippen molar-refractivity contribution in [2.75, 3.05) is 20.3 Å². The molecule has 0 fully saturated rings. The van der Waals surface area contributed by atoms with Gasteiger partial charge in [-0.05, 0) is 11.0 Å². The van der Waals surface area contributed by atoms with Gasteiger partial charge in [-0.2, -0.15) is 0 Å². The highest BCUT2D eigenvalue weighted by Crippen LogP contribution is 2.14. The number of carbonyl (C=O) groups excluding carboxylic acids is 1. The van der Waals surface area contributed by atoms with Crippen molar-refractivity contribution in [3.63, 3.8) is 0 Å². The first-order valence-corrected chi connectivity index (χ1v) is 7.45. The molecule has 6 heteroatoms. The Morgan fingerprint density at radius 1 is 1.22 bits per heavy atom. The van der Waals surface area contributed by atoms with Gasteiger partial charge in [-0.1, -0.05) is 51.1 Å². The summed E-state index contributed by atoms with van der Waals surface area (Å²) in [6.07, 6.45) is -0.694. The summed E-state index contributed by atoms with van der Waals surface area (Å²) in [6, 6.07) is 8.12. The van der Waals surface area contributed by atoms with E-state index in [1.54, 1.807) is 0 Å². The summed E-state index contributed by atoms with van der Waals surface area (Å²) in [4.78, 5) is 24.4. The van der Waals surface area contributed by atoms with E-state index in [1.807, 2.05) is 51.1 Å². The van der Waals surface area contributed by atoms with E-state index in [2.05, 4.69) is 0 Å². The van der Waals surface area contributed by atoms with E-state index >= 15 is 0 Å². The third-order valence-corrected chi connectivity index (χ3v) is 3.06. The van der Waals surface area contributed by atoms with Crippen molar-refractivity contribution < 1.29 is 24.2 Å². The van der Waals surface area contributed by atoms with E-state index in [4.69, 9.17) is 9.47 Å². The number of hydrogen-bond donors (Lipinski definition) is 1. The van der Waals surface area contributed by atoms with Crippen molar-refractivity contribution in [1.29, 1.82) is 0 Å². The topological polar surface area (TPSA) is 76.1 Å². The van der Waals surface area contributed by atoms with E-state index in [-0.39, 0.29) is 18.6 Å². The highest BCUT2D eigenvalue weighted by molar-refractivity contribution is 5.80. The number of rotatable bonds is 7. The standard InChI is InChI=1S/C17H25NO5/c1-17(2,3)12-22-11-14(15(19)20)18(4)16(21)23-10-13-8-6-5-7-9-13/h5-9,14H,10-12H2,1-4H3,(H,19,20). The maximum atomic E-state index is 12.0. The van der Waals surface area contributed by atoms with Gasteiger partial charge in [-0.15, -0.1) is 0 Å². The second-order valence-corrected chi connectivity index (χ2v) is 6.58. The first-order valence-electron chi connectivity index (χ1n) is 7.45. The molecule has 0 aliphatic rings. The monoisotopic (exact) mass is 323 g/mol. The highest BCUT2D eigenvalue weighted by Gasteiger charge is 2.28. The van der Waals surface area contributed by atoms with Crippen LogP contribution >= 0.6 is 0 Å². The average molecular weight is 323 g/mol. The van der Waals surface area contributed by atoms with E-state index in [1.165, 1.54) is 7.05 Å². The maximum absolute atomic E-state index is 12.0. The number of carboxylic acid groups (broad SMARTS) is 1. The minimum atomic E-state index is -1.13. The Bertz CT molecular complexity index is 509. The molecule has 0 aliphatic carbocycles. The number of carboxylic acids is 1. The molecule has 0 aliphatic heterocycles. The number of likely N-dealkylation sites (N-methyl/N-ethyl adjacent to an activating group) is 1. The molecule has 1 amide bonds. The number of hydrogen-bond acceptors (Lipinski definition) is 4. The van der Waals surface area contributed by atoms with Crippen LogP contribution in [0.1, 0.15) is 26.3 Å². The molecule has 1 N–H and O–H groups in total. The first kappa shape index (κ1) is 19.0. The molecule has 6 nitrogen and oxygen atoms in total. The smallest absolute Gasteiger partial charge is 0.410 e. The van der Waals surface area contributed by atoms with Crippen molar-refractivity contribution >= 4 is 12.1 Å². The van der Waals surface area contributed by atoms with Crippen LogP contribution in [0, 0.1) is 5.41 Å². The molecule has 0 bridgehead atoms. The van der Waals surface area contributed by atoms with Gasteiger partial charge in [0.15, 0.2) is 6.04 Å². The molecule has 1 aromatic carbocycles. The average Bonchev–Trinajstić information content (AvgIpc) is 2.48. The molecular weight excluding hydrogens is 298 g/mol. The lowest BCUT2D eigenvalue weighted by Crippen LogP contribution is -2.46. The molecule has 0 saturated heterocycles. The van der Waals surface area contributed by atoms with Crippen molar-refractivity contribution in [1.82, 2.24) is 4.90 Å². The molecule has 1 unspecified atom stereocenters. The largest absolute Gasteiger partial charge is 0.480 e. The molecule has 0 aromatic heterocycles. The molecular formula is C17H25NO5. The van der Waals surface area contributed by atoms with Gasteiger partial charge in [0.1, 0.15) is 6.61 Å². The minimum Gasteiger partial charge on any atom is -0.480 e. The summed E-state index contributed by atoms with van der Waals surface area (Å²) in [6.45, 7) is 6.38. The number of nitrogens with zero attached hydrogens (tertiary/aromatic N) is 1. The molecule has 1 rings (SSSR count). The van der Waals surface area contributed by atoms with Crippen LogP contribution < -0.4 is 0 Å². The molecule has 1 atom stereocenters. The van der Waals surface area contributed by atoms with Crippen LogP contribution in [0.25, 0.3) is 0 Å². The van der Waals surface area contributed by atoms with Crippen LogP contribution in [0.15, 0.2) is 30.3 Å². The summed E-state index contributed by atoms with van der Waals surface area (Å²) < 4.78 is 10.6. The van der Waals surface area contributed by atoms with Crippen molar-refractivity contribution in [2.45, 2.75) is 33.4 Å². The van der Waals surface area contributed by atoms with Crippen LogP contribution in [-0.2, 0) is 20.9 Å². The molecule has 0 saturated carbocycles. The number of ether oxygens (including phenoxy) is 2. The number of aliphatic carboxylic acids is 1. The molecule has 0 spiro atoms. The Kier molecular flexibility index (Phi) is 7.03. The van der Waals surface area contributed by atoms with Gasteiger partial charge in [-0.3, -0.25) is 4.90 Å². The summed E-state index contributed by atoms with van der Waals surface area (Å²) in [5, 5.41) is 9.28. The molecule has 23 heavy (non-hydrogen) atoms. The third kappa shape index (κ3) is 7.15. The fourth-order valence-electron chi connectivity index (χ4n) is 1.77. The first-order chi connectivity index (χ1) is 10.7. The van der Waals surface area contributed by atoms with Crippen LogP contribution in [0.5, 0.6) is 0 Å². The zero-order valence-corrected chi connectivity index (χ0v) is 14.1. The third-order valence-electron chi connectivity index (χ3n) is 3.06. The Morgan fingerprint density at radius 2 is 1.83 bits per heavy atom. The Morgan fingerprint density at radius 3 is 2.35 bits per heavy atom. The van der Waals surface area contributed by atoms with Crippen molar-refractivity contribution in [3.8, 4) is 0 Å². The van der Waals surface area contributed by atoms with Crippen LogP contribution in [0.4, 0.5) is 4.79 Å². The SMILES string of the molecule is CN(C(=O)OCc1ccccc1)C(COCC(C)(C)C)C(=O)O. The highest BCUT2D eigenvalue weighted by atomic mass is 16.6. The second-order valence-electron chi connectivity index (χ2n) is 6.58. The molecule has 128 valence electrons. The van der Waals surface area contributed by atoms with Gasteiger partial charge in [0.25, 0.3) is 0 Å². The number of carbonyl (C=O) groups is 2.